The molecule has 0 aliphatic carbocycles. The number of rotatable bonds is 0. The summed E-state index contributed by atoms with van der Waals surface area (Å²) in [4.78, 5) is 4.37. The van der Waals surface area contributed by atoms with Crippen LogP contribution in [-0.2, 0) is 0 Å². The third kappa shape index (κ3) is 2.65. The molecule has 12 heavy (non-hydrogen) atoms. The second kappa shape index (κ2) is 4.91. The molecule has 1 rings (SSSR count). The Hall–Kier alpha value is -0.850. The van der Waals surface area contributed by atoms with Crippen LogP contribution in [0, 0.1) is 27.7 Å². The quantitative estimate of drug-likeness (QED) is 0.574. The van der Waals surface area contributed by atoms with Crippen molar-refractivity contribution in [2.75, 3.05) is 0 Å². The maximum absolute atomic E-state index is 4.37. The first-order chi connectivity index (χ1) is 5.61. The first-order valence-electron chi connectivity index (χ1n) is 4.52. The normalized spacial score (nSPS) is 8.83. The maximum Gasteiger partial charge on any atom is 0.0405 e. The van der Waals surface area contributed by atoms with E-state index in [-0.39, 0.29) is 0 Å². The molecule has 0 aliphatic rings. The summed E-state index contributed by atoms with van der Waals surface area (Å²) in [5.41, 5.74) is 4.84. The molecule has 1 heterocycles. The second-order valence-corrected chi connectivity index (χ2v) is 2.79. The van der Waals surface area contributed by atoms with Crippen LogP contribution in [0.5, 0.6) is 0 Å². The van der Waals surface area contributed by atoms with E-state index in [4.69, 9.17) is 0 Å². The van der Waals surface area contributed by atoms with E-state index in [0.717, 1.165) is 11.4 Å². The van der Waals surface area contributed by atoms with Crippen molar-refractivity contribution in [3.05, 3.63) is 28.6 Å². The first-order valence-corrected chi connectivity index (χ1v) is 4.52. The van der Waals surface area contributed by atoms with Gasteiger partial charge in [-0.1, -0.05) is 19.9 Å². The lowest BCUT2D eigenvalue weighted by Crippen LogP contribution is -1.92. The van der Waals surface area contributed by atoms with Gasteiger partial charge >= 0.3 is 0 Å². The highest BCUT2D eigenvalue weighted by atomic mass is 14.7. The zero-order valence-corrected chi connectivity index (χ0v) is 9.02. The molecule has 0 N–H and O–H groups in total. The average molecular weight is 165 g/mol. The fourth-order valence-electron chi connectivity index (χ4n) is 0.962. The Balaban J connectivity index is 0.000000561. The van der Waals surface area contributed by atoms with Gasteiger partial charge in [0.15, 0.2) is 0 Å². The molecule has 0 bridgehead atoms. The summed E-state index contributed by atoms with van der Waals surface area (Å²) >= 11 is 0. The largest absolute Gasteiger partial charge is 0.258 e. The molecule has 0 aromatic carbocycles. The summed E-state index contributed by atoms with van der Waals surface area (Å²) in [6.07, 6.45) is 0. The third-order valence-corrected chi connectivity index (χ3v) is 1.91. The van der Waals surface area contributed by atoms with Gasteiger partial charge in [-0.15, -0.1) is 0 Å². The van der Waals surface area contributed by atoms with E-state index in [1.807, 2.05) is 27.7 Å². The molecule has 1 aromatic heterocycles. The van der Waals surface area contributed by atoms with Crippen LogP contribution in [0.25, 0.3) is 0 Å². The van der Waals surface area contributed by atoms with E-state index in [0.29, 0.717) is 0 Å². The van der Waals surface area contributed by atoms with Gasteiger partial charge in [0.1, 0.15) is 0 Å². The summed E-state index contributed by atoms with van der Waals surface area (Å²) in [7, 11) is 0. The molecule has 0 fully saturated rings. The molecule has 68 valence electrons. The lowest BCUT2D eigenvalue weighted by atomic mass is 10.1. The van der Waals surface area contributed by atoms with Crippen LogP contribution in [0.15, 0.2) is 6.07 Å². The van der Waals surface area contributed by atoms with Crippen LogP contribution in [0.3, 0.4) is 0 Å². The van der Waals surface area contributed by atoms with Crippen molar-refractivity contribution in [3.8, 4) is 0 Å². The Labute approximate surface area is 75.8 Å². The first kappa shape index (κ1) is 11.2. The molecule has 0 radical (unpaired) electrons. The molecule has 1 aromatic rings. The van der Waals surface area contributed by atoms with Crippen LogP contribution in [0.1, 0.15) is 36.4 Å². The third-order valence-electron chi connectivity index (χ3n) is 1.91. The van der Waals surface area contributed by atoms with Crippen molar-refractivity contribution in [3.63, 3.8) is 0 Å². The van der Waals surface area contributed by atoms with Crippen LogP contribution in [0.2, 0.25) is 0 Å². The smallest absolute Gasteiger partial charge is 0.0405 e. The van der Waals surface area contributed by atoms with E-state index in [1.165, 1.54) is 11.1 Å². The minimum absolute atomic E-state index is 1.14. The second-order valence-electron chi connectivity index (χ2n) is 2.79. The zero-order valence-electron chi connectivity index (χ0n) is 9.02. The number of nitrogens with zero attached hydrogens (tertiary/aromatic N) is 1. The van der Waals surface area contributed by atoms with Crippen molar-refractivity contribution < 1.29 is 0 Å². The Morgan fingerprint density at radius 3 is 1.42 bits per heavy atom. The van der Waals surface area contributed by atoms with Crippen LogP contribution in [0.4, 0.5) is 0 Å². The Bertz CT molecular complexity index is 201. The highest BCUT2D eigenvalue weighted by molar-refractivity contribution is 5.27. The molecule has 0 amide bonds. The number of hydrogen-bond acceptors (Lipinski definition) is 1. The van der Waals surface area contributed by atoms with Crippen LogP contribution >= 0.6 is 0 Å². The van der Waals surface area contributed by atoms with Crippen molar-refractivity contribution in [1.29, 1.82) is 0 Å². The fourth-order valence-corrected chi connectivity index (χ4v) is 0.962. The van der Waals surface area contributed by atoms with E-state index in [9.17, 15) is 0 Å². The Morgan fingerprint density at radius 1 is 0.833 bits per heavy atom. The average Bonchev–Trinajstić information content (AvgIpc) is 2.05. The number of aromatic nitrogens is 1. The molecule has 1 nitrogen and oxygen atoms in total. The Morgan fingerprint density at radius 2 is 1.17 bits per heavy atom. The van der Waals surface area contributed by atoms with Gasteiger partial charge in [0.05, 0.1) is 0 Å². The molecule has 1 heteroatoms. The summed E-state index contributed by atoms with van der Waals surface area (Å²) < 4.78 is 0. The van der Waals surface area contributed by atoms with Crippen molar-refractivity contribution in [1.82, 2.24) is 4.98 Å². The molecule has 0 saturated carbocycles. The van der Waals surface area contributed by atoms with Gasteiger partial charge in [-0.3, -0.25) is 4.98 Å². The summed E-state index contributed by atoms with van der Waals surface area (Å²) in [6.45, 7) is 12.3. The monoisotopic (exact) mass is 165 g/mol. The standard InChI is InChI=1S/C9H13N.C2H6/c1-6-5-7(2)9(4)10-8(6)3;1-2/h5H,1-4H3;1-2H3. The number of hydrogen-bond donors (Lipinski definition) is 0. The predicted octanol–water partition coefficient (Wildman–Crippen LogP) is 3.34. The molecule has 0 spiro atoms. The molecular formula is C11H19N. The Kier molecular flexibility index (Phi) is 4.57. The minimum Gasteiger partial charge on any atom is -0.258 e. The highest BCUT2D eigenvalue weighted by Crippen LogP contribution is 2.09. The summed E-state index contributed by atoms with van der Waals surface area (Å²) in [5.74, 6) is 0. The van der Waals surface area contributed by atoms with Gasteiger partial charge in [0, 0.05) is 11.4 Å². The van der Waals surface area contributed by atoms with Crippen LogP contribution < -0.4 is 0 Å². The van der Waals surface area contributed by atoms with Gasteiger partial charge in [-0.05, 0) is 38.8 Å². The van der Waals surface area contributed by atoms with E-state index < -0.39 is 0 Å². The van der Waals surface area contributed by atoms with Crippen LogP contribution in [-0.4, -0.2) is 4.98 Å². The SMILES string of the molecule is CC.Cc1cc(C)c(C)nc1C. The van der Waals surface area contributed by atoms with Crippen molar-refractivity contribution >= 4 is 0 Å². The van der Waals surface area contributed by atoms with E-state index in [1.54, 1.807) is 0 Å². The lowest BCUT2D eigenvalue weighted by Gasteiger charge is -2.03. The van der Waals surface area contributed by atoms with E-state index >= 15 is 0 Å². The topological polar surface area (TPSA) is 12.9 Å². The molecule has 0 saturated heterocycles. The fraction of sp³-hybridized carbons (Fsp3) is 0.545. The highest BCUT2D eigenvalue weighted by Gasteiger charge is 1.96. The molecule has 0 unspecified atom stereocenters. The zero-order chi connectivity index (χ0) is 9.72. The van der Waals surface area contributed by atoms with Gasteiger partial charge in [0.25, 0.3) is 0 Å². The van der Waals surface area contributed by atoms with Gasteiger partial charge < -0.3 is 0 Å². The number of pyridine rings is 1. The summed E-state index contributed by atoms with van der Waals surface area (Å²) in [5, 5.41) is 0. The van der Waals surface area contributed by atoms with Crippen molar-refractivity contribution in [2.24, 2.45) is 0 Å². The number of aryl methyl sites for hydroxylation is 4. The molecular weight excluding hydrogens is 146 g/mol. The molecule has 0 aliphatic heterocycles. The molecule has 0 atom stereocenters. The van der Waals surface area contributed by atoms with E-state index in [2.05, 4.69) is 24.9 Å². The lowest BCUT2D eigenvalue weighted by molar-refractivity contribution is 1.06. The van der Waals surface area contributed by atoms with Gasteiger partial charge in [-0.2, -0.15) is 0 Å². The minimum atomic E-state index is 1.14. The van der Waals surface area contributed by atoms with Gasteiger partial charge in [0.2, 0.25) is 0 Å². The summed E-state index contributed by atoms with van der Waals surface area (Å²) in [6, 6.07) is 2.18. The predicted molar refractivity (Wildman–Crippen MR) is 54.5 cm³/mol. The van der Waals surface area contributed by atoms with Gasteiger partial charge in [-0.25, -0.2) is 0 Å². The van der Waals surface area contributed by atoms with Crippen molar-refractivity contribution in [2.45, 2.75) is 41.5 Å². The maximum atomic E-state index is 4.37.